The molecule has 5 heteroatoms. The smallest absolute Gasteiger partial charge is 0.322 e. The number of anilines is 1. The van der Waals surface area contributed by atoms with Gasteiger partial charge in [0, 0.05) is 23.3 Å². The number of carbonyl (C=O) groups is 2. The summed E-state index contributed by atoms with van der Waals surface area (Å²) < 4.78 is 0. The third-order valence-electron chi connectivity index (χ3n) is 4.84. The van der Waals surface area contributed by atoms with E-state index in [-0.39, 0.29) is 12.1 Å². The van der Waals surface area contributed by atoms with Crippen LogP contribution >= 0.6 is 0 Å². The molecule has 23 heavy (non-hydrogen) atoms. The maximum absolute atomic E-state index is 12.8. The topological polar surface area (TPSA) is 75.4 Å². The van der Waals surface area contributed by atoms with Crippen LogP contribution in [0, 0.1) is 12.8 Å². The average Bonchev–Trinajstić information content (AvgIpc) is 3.33. The number of primary amides is 1. The molecule has 0 spiro atoms. The lowest BCUT2D eigenvalue weighted by molar-refractivity contribution is 0.1000. The molecule has 1 aromatic carbocycles. The van der Waals surface area contributed by atoms with Crippen LogP contribution in [0.4, 0.5) is 10.5 Å². The maximum Gasteiger partial charge on any atom is 0.322 e. The first-order chi connectivity index (χ1) is 10.8. The van der Waals surface area contributed by atoms with E-state index in [1.54, 1.807) is 18.2 Å². The molecule has 0 aliphatic heterocycles. The molecule has 1 aromatic rings. The van der Waals surface area contributed by atoms with Crippen molar-refractivity contribution >= 4 is 17.6 Å². The number of benzene rings is 1. The van der Waals surface area contributed by atoms with E-state index in [9.17, 15) is 9.59 Å². The molecule has 3 amide bonds. The quantitative estimate of drug-likeness (QED) is 0.842. The lowest BCUT2D eigenvalue weighted by atomic mass is 9.99. The molecule has 3 N–H and O–H groups in total. The second kappa shape index (κ2) is 7.02. The van der Waals surface area contributed by atoms with Gasteiger partial charge in [0.15, 0.2) is 0 Å². The Kier molecular flexibility index (Phi) is 5.29. The van der Waals surface area contributed by atoms with Crippen molar-refractivity contribution in [3.63, 3.8) is 0 Å². The summed E-state index contributed by atoms with van der Waals surface area (Å²) in [6, 6.07) is 5.55. The summed E-state index contributed by atoms with van der Waals surface area (Å²) in [4.78, 5) is 26.1. The van der Waals surface area contributed by atoms with Crippen molar-refractivity contribution in [2.24, 2.45) is 11.7 Å². The monoisotopic (exact) mass is 317 g/mol. The van der Waals surface area contributed by atoms with Gasteiger partial charge in [-0.3, -0.25) is 4.79 Å². The van der Waals surface area contributed by atoms with E-state index < -0.39 is 5.91 Å². The zero-order valence-electron chi connectivity index (χ0n) is 14.4. The van der Waals surface area contributed by atoms with Crippen LogP contribution in [0.3, 0.4) is 0 Å². The minimum absolute atomic E-state index is 0.0926. The summed E-state index contributed by atoms with van der Waals surface area (Å²) in [7, 11) is 0. The Morgan fingerprint density at radius 2 is 2.00 bits per heavy atom. The van der Waals surface area contributed by atoms with Crippen molar-refractivity contribution in [3.8, 4) is 0 Å². The highest BCUT2D eigenvalue weighted by Gasteiger charge is 2.37. The van der Waals surface area contributed by atoms with E-state index in [1.807, 2.05) is 11.8 Å². The zero-order chi connectivity index (χ0) is 17.1. The van der Waals surface area contributed by atoms with Gasteiger partial charge in [-0.2, -0.15) is 0 Å². The number of hydrogen-bond donors (Lipinski definition) is 2. The number of nitrogens with two attached hydrogens (primary N) is 1. The SMILES string of the molecule is CC[C@H](C)[C@H](C)N(C(=O)Nc1cc(C(N)=O)ccc1C)C1CC1. The lowest BCUT2D eigenvalue weighted by Gasteiger charge is -2.33. The number of aryl methyl sites for hydroxylation is 1. The fourth-order valence-electron chi connectivity index (χ4n) is 2.74. The first-order valence-corrected chi connectivity index (χ1v) is 8.34. The molecule has 0 unspecified atom stereocenters. The number of rotatable bonds is 6. The first kappa shape index (κ1) is 17.3. The van der Waals surface area contributed by atoms with Gasteiger partial charge in [-0.15, -0.1) is 0 Å². The highest BCUT2D eigenvalue weighted by atomic mass is 16.2. The van der Waals surface area contributed by atoms with Gasteiger partial charge in [-0.05, 0) is 50.3 Å². The molecule has 2 rings (SSSR count). The highest BCUT2D eigenvalue weighted by Crippen LogP contribution is 2.32. The van der Waals surface area contributed by atoms with Crippen LogP contribution in [0.25, 0.3) is 0 Å². The van der Waals surface area contributed by atoms with E-state index in [0.717, 1.165) is 24.8 Å². The second-order valence-corrected chi connectivity index (χ2v) is 6.59. The van der Waals surface area contributed by atoms with Crippen molar-refractivity contribution in [2.75, 3.05) is 5.32 Å². The average molecular weight is 317 g/mol. The Balaban J connectivity index is 2.19. The van der Waals surface area contributed by atoms with Crippen LogP contribution in [-0.2, 0) is 0 Å². The summed E-state index contributed by atoms with van der Waals surface area (Å²) in [5.74, 6) is -0.0491. The Labute approximate surface area is 138 Å². The molecule has 2 atom stereocenters. The van der Waals surface area contributed by atoms with Crippen LogP contribution in [-0.4, -0.2) is 28.9 Å². The van der Waals surface area contributed by atoms with Crippen molar-refractivity contribution in [2.45, 2.75) is 59.0 Å². The molecule has 1 fully saturated rings. The van der Waals surface area contributed by atoms with Crippen molar-refractivity contribution in [1.29, 1.82) is 0 Å². The normalized spacial score (nSPS) is 16.5. The molecular weight excluding hydrogens is 290 g/mol. The summed E-state index contributed by atoms with van der Waals surface area (Å²) in [5, 5.41) is 2.97. The highest BCUT2D eigenvalue weighted by molar-refractivity contribution is 5.96. The van der Waals surface area contributed by atoms with Gasteiger partial charge >= 0.3 is 6.03 Å². The van der Waals surface area contributed by atoms with Crippen LogP contribution < -0.4 is 11.1 Å². The summed E-state index contributed by atoms with van der Waals surface area (Å²) >= 11 is 0. The first-order valence-electron chi connectivity index (χ1n) is 8.34. The minimum atomic E-state index is -0.493. The largest absolute Gasteiger partial charge is 0.366 e. The van der Waals surface area contributed by atoms with Crippen LogP contribution in [0.5, 0.6) is 0 Å². The summed E-state index contributed by atoms with van der Waals surface area (Å²) in [5.41, 5.74) is 7.29. The van der Waals surface area contributed by atoms with E-state index in [1.165, 1.54) is 0 Å². The third kappa shape index (κ3) is 4.03. The van der Waals surface area contributed by atoms with Crippen molar-refractivity contribution in [1.82, 2.24) is 4.90 Å². The second-order valence-electron chi connectivity index (χ2n) is 6.59. The summed E-state index contributed by atoms with van der Waals surface area (Å²) in [6.45, 7) is 8.33. The van der Waals surface area contributed by atoms with Gasteiger partial charge in [0.25, 0.3) is 0 Å². The van der Waals surface area contributed by atoms with E-state index in [2.05, 4.69) is 26.1 Å². The number of nitrogens with one attached hydrogen (secondary N) is 1. The minimum Gasteiger partial charge on any atom is -0.366 e. The molecule has 0 radical (unpaired) electrons. The standard InChI is InChI=1S/C18H27N3O2/c1-5-11(2)13(4)21(15-8-9-15)18(23)20-16-10-14(17(19)22)7-6-12(16)3/h6-7,10-11,13,15H,5,8-9H2,1-4H3,(H2,19,22)(H,20,23)/t11-,13-/m0/s1. The van der Waals surface area contributed by atoms with Crippen LogP contribution in [0.1, 0.15) is 56.0 Å². The maximum atomic E-state index is 12.8. The number of nitrogens with zero attached hydrogens (tertiary/aromatic N) is 1. The third-order valence-corrected chi connectivity index (χ3v) is 4.84. The molecule has 126 valence electrons. The molecule has 0 aromatic heterocycles. The summed E-state index contributed by atoms with van der Waals surface area (Å²) in [6.07, 6.45) is 3.16. The van der Waals surface area contributed by atoms with Gasteiger partial charge in [0.1, 0.15) is 0 Å². The van der Waals surface area contributed by atoms with Crippen LogP contribution in [0.15, 0.2) is 18.2 Å². The lowest BCUT2D eigenvalue weighted by Crippen LogP contribution is -2.45. The molecule has 0 bridgehead atoms. The Hall–Kier alpha value is -2.04. The molecule has 0 saturated heterocycles. The molecular formula is C18H27N3O2. The fraction of sp³-hybridized carbons (Fsp3) is 0.556. The number of hydrogen-bond acceptors (Lipinski definition) is 2. The van der Waals surface area contributed by atoms with Crippen molar-refractivity contribution in [3.05, 3.63) is 29.3 Å². The molecule has 1 aliphatic carbocycles. The van der Waals surface area contributed by atoms with Crippen molar-refractivity contribution < 1.29 is 9.59 Å². The van der Waals surface area contributed by atoms with Crippen LogP contribution in [0.2, 0.25) is 0 Å². The van der Waals surface area contributed by atoms with E-state index in [0.29, 0.717) is 23.2 Å². The number of amides is 3. The van der Waals surface area contributed by atoms with Gasteiger partial charge in [0.05, 0.1) is 0 Å². The Bertz CT molecular complexity index is 596. The van der Waals surface area contributed by atoms with Gasteiger partial charge in [-0.25, -0.2) is 4.79 Å². The van der Waals surface area contributed by atoms with Gasteiger partial charge in [-0.1, -0.05) is 26.3 Å². The van der Waals surface area contributed by atoms with E-state index >= 15 is 0 Å². The predicted octanol–water partition coefficient (Wildman–Crippen LogP) is 3.52. The van der Waals surface area contributed by atoms with E-state index in [4.69, 9.17) is 5.73 Å². The fourth-order valence-corrected chi connectivity index (χ4v) is 2.74. The predicted molar refractivity (Wildman–Crippen MR) is 92.5 cm³/mol. The van der Waals surface area contributed by atoms with Gasteiger partial charge < -0.3 is 16.0 Å². The number of urea groups is 1. The van der Waals surface area contributed by atoms with Gasteiger partial charge in [0.2, 0.25) is 5.91 Å². The Morgan fingerprint density at radius 3 is 2.52 bits per heavy atom. The number of carbonyl (C=O) groups excluding carboxylic acids is 2. The molecule has 1 saturated carbocycles. The molecule has 5 nitrogen and oxygen atoms in total. The molecule has 1 aliphatic rings. The Morgan fingerprint density at radius 1 is 1.35 bits per heavy atom. The zero-order valence-corrected chi connectivity index (χ0v) is 14.4. The molecule has 0 heterocycles.